The van der Waals surface area contributed by atoms with E-state index >= 15 is 0 Å². The van der Waals surface area contributed by atoms with Gasteiger partial charge in [0.05, 0.1) is 11.3 Å². The number of carboxylic acid groups (broad SMARTS) is 1. The molecule has 0 bridgehead atoms. The number of nitrogens with zero attached hydrogens (tertiary/aromatic N) is 2. The molecule has 0 saturated carbocycles. The molecule has 0 radical (unpaired) electrons. The van der Waals surface area contributed by atoms with Crippen LogP contribution in [-0.2, 0) is 0 Å². The van der Waals surface area contributed by atoms with E-state index in [9.17, 15) is 4.79 Å². The van der Waals surface area contributed by atoms with Crippen LogP contribution < -0.4 is 10.7 Å². The van der Waals surface area contributed by atoms with E-state index in [1.165, 1.54) is 12.1 Å². The number of hydrazone groups is 1. The Morgan fingerprint density at radius 2 is 1.86 bits per heavy atom. The summed E-state index contributed by atoms with van der Waals surface area (Å²) >= 11 is 3.39. The number of hydrogen-bond donors (Lipinski definition) is 2. The van der Waals surface area contributed by atoms with Gasteiger partial charge in [-0.2, -0.15) is 5.10 Å². The summed E-state index contributed by atoms with van der Waals surface area (Å²) in [5, 5.41) is 15.2. The third-order valence-corrected chi connectivity index (χ3v) is 3.59. The van der Waals surface area contributed by atoms with E-state index in [0.717, 1.165) is 10.2 Å². The van der Waals surface area contributed by atoms with Crippen LogP contribution >= 0.6 is 15.9 Å². The third-order valence-electron chi connectivity index (χ3n) is 3.06. The van der Waals surface area contributed by atoms with E-state index in [1.807, 2.05) is 31.2 Å². The third kappa shape index (κ3) is 3.85. The van der Waals surface area contributed by atoms with Crippen LogP contribution in [0.5, 0.6) is 0 Å². The van der Waals surface area contributed by atoms with Crippen molar-refractivity contribution in [2.24, 2.45) is 10.8 Å². The molecule has 0 aliphatic rings. The topological polar surface area (TPSA) is 78.9 Å². The molecule has 0 atom stereocenters. The number of aromatic carboxylic acids is 1. The fourth-order valence-electron chi connectivity index (χ4n) is 1.92. The summed E-state index contributed by atoms with van der Waals surface area (Å²) in [6, 6.07) is 14.1. The van der Waals surface area contributed by atoms with Crippen molar-refractivity contribution in [1.82, 2.24) is 0 Å². The molecule has 0 aliphatic carbocycles. The standard InChI is InChI=1S/C16H16BrN3O2/c1-2-20(14-8-6-13(17)7-9-14)19-15(18)11-4-3-5-12(10-11)16(21)22/h3-10H,2H2,1H3,(H2,18,19)(H,21,22). The van der Waals surface area contributed by atoms with Gasteiger partial charge < -0.3 is 10.8 Å². The van der Waals surface area contributed by atoms with Crippen molar-refractivity contribution in [2.75, 3.05) is 11.6 Å². The summed E-state index contributed by atoms with van der Waals surface area (Å²) in [7, 11) is 0. The summed E-state index contributed by atoms with van der Waals surface area (Å²) in [6.45, 7) is 2.60. The average molecular weight is 362 g/mol. The van der Waals surface area contributed by atoms with Gasteiger partial charge in [0.2, 0.25) is 0 Å². The Morgan fingerprint density at radius 3 is 2.45 bits per heavy atom. The average Bonchev–Trinajstić information content (AvgIpc) is 2.53. The molecule has 2 rings (SSSR count). The van der Waals surface area contributed by atoms with E-state index in [0.29, 0.717) is 12.1 Å². The lowest BCUT2D eigenvalue weighted by atomic mass is 10.1. The lowest BCUT2D eigenvalue weighted by molar-refractivity contribution is 0.0697. The van der Waals surface area contributed by atoms with Crippen molar-refractivity contribution in [3.63, 3.8) is 0 Å². The lowest BCUT2D eigenvalue weighted by Gasteiger charge is -2.18. The molecule has 0 spiro atoms. The Morgan fingerprint density at radius 1 is 1.23 bits per heavy atom. The monoisotopic (exact) mass is 361 g/mol. The summed E-state index contributed by atoms with van der Waals surface area (Å²) in [5.74, 6) is -0.720. The molecule has 0 amide bonds. The number of anilines is 1. The minimum absolute atomic E-state index is 0.183. The van der Waals surface area contributed by atoms with Crippen LogP contribution in [0.2, 0.25) is 0 Å². The van der Waals surface area contributed by atoms with Crippen molar-refractivity contribution in [2.45, 2.75) is 6.92 Å². The van der Waals surface area contributed by atoms with Crippen LogP contribution in [0.3, 0.4) is 0 Å². The second-order valence-electron chi connectivity index (χ2n) is 4.56. The van der Waals surface area contributed by atoms with E-state index in [-0.39, 0.29) is 11.4 Å². The number of amidine groups is 1. The molecule has 2 aromatic carbocycles. The molecule has 3 N–H and O–H groups in total. The molecule has 2 aromatic rings. The van der Waals surface area contributed by atoms with Gasteiger partial charge in [0.1, 0.15) is 0 Å². The Bertz CT molecular complexity index is 699. The van der Waals surface area contributed by atoms with Gasteiger partial charge in [0.15, 0.2) is 5.84 Å². The van der Waals surface area contributed by atoms with Gasteiger partial charge in [0, 0.05) is 16.6 Å². The molecule has 114 valence electrons. The molecule has 22 heavy (non-hydrogen) atoms. The quantitative estimate of drug-likeness (QED) is 0.486. The number of nitrogens with two attached hydrogens (primary N) is 1. The van der Waals surface area contributed by atoms with Crippen LogP contribution in [0.15, 0.2) is 58.1 Å². The lowest BCUT2D eigenvalue weighted by Crippen LogP contribution is -2.23. The molecule has 0 heterocycles. The van der Waals surface area contributed by atoms with Crippen molar-refractivity contribution in [3.05, 3.63) is 64.1 Å². The molecule has 6 heteroatoms. The van der Waals surface area contributed by atoms with E-state index in [1.54, 1.807) is 17.1 Å². The van der Waals surface area contributed by atoms with Crippen LogP contribution in [-0.4, -0.2) is 23.5 Å². The SMILES string of the molecule is CCN(/N=C(\N)c1cccc(C(=O)O)c1)c1ccc(Br)cc1. The minimum atomic E-state index is -0.991. The highest BCUT2D eigenvalue weighted by Crippen LogP contribution is 2.19. The maximum atomic E-state index is 11.0. The zero-order chi connectivity index (χ0) is 16.1. The molecule has 0 saturated heterocycles. The Balaban J connectivity index is 2.31. The van der Waals surface area contributed by atoms with Crippen molar-refractivity contribution in [3.8, 4) is 0 Å². The number of halogens is 1. The number of rotatable bonds is 5. The van der Waals surface area contributed by atoms with Crippen molar-refractivity contribution in [1.29, 1.82) is 0 Å². The number of carboxylic acids is 1. The minimum Gasteiger partial charge on any atom is -0.478 e. The van der Waals surface area contributed by atoms with Crippen molar-refractivity contribution < 1.29 is 9.90 Å². The normalized spacial score (nSPS) is 11.3. The van der Waals surface area contributed by atoms with E-state index in [4.69, 9.17) is 10.8 Å². The number of benzene rings is 2. The maximum Gasteiger partial charge on any atom is 0.335 e. The highest BCUT2D eigenvalue weighted by atomic mass is 79.9. The van der Waals surface area contributed by atoms with Gasteiger partial charge in [-0.25, -0.2) is 4.79 Å². The Hall–Kier alpha value is -2.34. The van der Waals surface area contributed by atoms with Gasteiger partial charge >= 0.3 is 5.97 Å². The maximum absolute atomic E-state index is 11.0. The van der Waals surface area contributed by atoms with E-state index < -0.39 is 5.97 Å². The van der Waals surface area contributed by atoms with Crippen LogP contribution in [0.25, 0.3) is 0 Å². The predicted molar refractivity (Wildman–Crippen MR) is 91.3 cm³/mol. The second kappa shape index (κ2) is 7.09. The zero-order valence-electron chi connectivity index (χ0n) is 12.0. The predicted octanol–water partition coefficient (Wildman–Crippen LogP) is 3.29. The highest BCUT2D eigenvalue weighted by Gasteiger charge is 2.08. The fraction of sp³-hybridized carbons (Fsp3) is 0.125. The van der Waals surface area contributed by atoms with Gasteiger partial charge in [-0.05, 0) is 43.3 Å². The number of hydrogen-bond acceptors (Lipinski definition) is 3. The van der Waals surface area contributed by atoms with E-state index in [2.05, 4.69) is 21.0 Å². The molecular formula is C16H16BrN3O2. The molecule has 0 aliphatic heterocycles. The van der Waals surface area contributed by atoms with Crippen LogP contribution in [0, 0.1) is 0 Å². The summed E-state index contributed by atoms with van der Waals surface area (Å²) < 4.78 is 0.985. The van der Waals surface area contributed by atoms with Gasteiger partial charge in [0.25, 0.3) is 0 Å². The van der Waals surface area contributed by atoms with Crippen LogP contribution in [0.1, 0.15) is 22.8 Å². The molecule has 0 fully saturated rings. The largest absolute Gasteiger partial charge is 0.478 e. The van der Waals surface area contributed by atoms with Crippen molar-refractivity contribution >= 4 is 33.4 Å². The molecule has 5 nitrogen and oxygen atoms in total. The van der Waals surface area contributed by atoms with Gasteiger partial charge in [-0.1, -0.05) is 28.1 Å². The first-order valence-electron chi connectivity index (χ1n) is 6.72. The molecule has 0 unspecified atom stereocenters. The highest BCUT2D eigenvalue weighted by molar-refractivity contribution is 9.10. The Kier molecular flexibility index (Phi) is 5.16. The number of carbonyl (C=O) groups is 1. The van der Waals surface area contributed by atoms with Crippen LogP contribution in [0.4, 0.5) is 5.69 Å². The summed E-state index contributed by atoms with van der Waals surface area (Å²) in [4.78, 5) is 11.0. The van der Waals surface area contributed by atoms with Gasteiger partial charge in [-0.15, -0.1) is 0 Å². The van der Waals surface area contributed by atoms with Gasteiger partial charge in [-0.3, -0.25) is 5.01 Å². The molecular weight excluding hydrogens is 346 g/mol. The first kappa shape index (κ1) is 16.0. The second-order valence-corrected chi connectivity index (χ2v) is 5.48. The summed E-state index contributed by atoms with van der Waals surface area (Å²) in [6.07, 6.45) is 0. The first-order chi connectivity index (χ1) is 10.5. The zero-order valence-corrected chi connectivity index (χ0v) is 13.6. The Labute approximate surface area is 137 Å². The fourth-order valence-corrected chi connectivity index (χ4v) is 2.19. The first-order valence-corrected chi connectivity index (χ1v) is 7.51. The summed E-state index contributed by atoms with van der Waals surface area (Å²) in [5.41, 5.74) is 7.68. The molecule has 0 aromatic heterocycles. The smallest absolute Gasteiger partial charge is 0.335 e.